The van der Waals surface area contributed by atoms with E-state index in [4.69, 9.17) is 0 Å². The van der Waals surface area contributed by atoms with Crippen LogP contribution < -0.4 is 10.1 Å². The molecule has 0 aliphatic heterocycles. The second-order valence-electron chi connectivity index (χ2n) is 6.96. The van der Waals surface area contributed by atoms with Gasteiger partial charge in [0.05, 0.1) is 0 Å². The number of carboxylic acids is 1. The molecule has 2 heterocycles. The second-order valence-corrected chi connectivity index (χ2v) is 6.96. The monoisotopic (exact) mass is 442 g/mol. The molecule has 0 atom stereocenters. The SMILES string of the molecule is Cn1nc2c(-c3ccc(NCc4cccc(OC(F)(F)F)c4)nc3)cccc2c1C(=O)O. The third-order valence-corrected chi connectivity index (χ3v) is 4.75. The lowest BCUT2D eigenvalue weighted by molar-refractivity contribution is -0.274. The molecule has 0 aliphatic carbocycles. The van der Waals surface area contributed by atoms with Gasteiger partial charge < -0.3 is 15.2 Å². The van der Waals surface area contributed by atoms with E-state index >= 15 is 0 Å². The number of anilines is 1. The van der Waals surface area contributed by atoms with Crippen molar-refractivity contribution in [2.24, 2.45) is 7.05 Å². The van der Waals surface area contributed by atoms with E-state index in [1.54, 1.807) is 37.5 Å². The van der Waals surface area contributed by atoms with Crippen molar-refractivity contribution in [1.82, 2.24) is 14.8 Å². The quantitative estimate of drug-likeness (QED) is 0.444. The van der Waals surface area contributed by atoms with E-state index < -0.39 is 12.3 Å². The molecule has 2 aromatic carbocycles. The predicted octanol–water partition coefficient (Wildman–Crippen LogP) is 4.84. The van der Waals surface area contributed by atoms with Crippen LogP contribution in [0.15, 0.2) is 60.8 Å². The van der Waals surface area contributed by atoms with Gasteiger partial charge in [0.25, 0.3) is 0 Å². The number of nitrogens with zero attached hydrogens (tertiary/aromatic N) is 3. The fourth-order valence-electron chi connectivity index (χ4n) is 3.41. The maximum Gasteiger partial charge on any atom is 0.573 e. The molecule has 0 radical (unpaired) electrons. The number of alkyl halides is 3. The van der Waals surface area contributed by atoms with Crippen molar-refractivity contribution >= 4 is 22.7 Å². The molecule has 0 saturated heterocycles. The number of benzene rings is 2. The summed E-state index contributed by atoms with van der Waals surface area (Å²) in [5, 5.41) is 17.4. The number of pyridine rings is 1. The molecule has 4 rings (SSSR count). The molecule has 2 aromatic heterocycles. The third kappa shape index (κ3) is 4.48. The summed E-state index contributed by atoms with van der Waals surface area (Å²) in [6.07, 6.45) is -3.12. The Balaban J connectivity index is 1.52. The maximum absolute atomic E-state index is 12.4. The van der Waals surface area contributed by atoms with Crippen LogP contribution in [-0.4, -0.2) is 32.2 Å². The number of halogens is 3. The summed E-state index contributed by atoms with van der Waals surface area (Å²) < 4.78 is 42.4. The lowest BCUT2D eigenvalue weighted by Gasteiger charge is -2.11. The van der Waals surface area contributed by atoms with E-state index in [1.807, 2.05) is 12.1 Å². The molecule has 0 saturated carbocycles. The molecule has 0 bridgehead atoms. The molecule has 0 unspecified atom stereocenters. The van der Waals surface area contributed by atoms with Gasteiger partial charge in [-0.05, 0) is 29.8 Å². The Morgan fingerprint density at radius 2 is 1.94 bits per heavy atom. The normalized spacial score (nSPS) is 11.5. The molecule has 0 spiro atoms. The second kappa shape index (κ2) is 8.22. The lowest BCUT2D eigenvalue weighted by Crippen LogP contribution is -2.17. The first kappa shape index (κ1) is 21.2. The number of aromatic nitrogens is 3. The molecule has 2 N–H and O–H groups in total. The first-order chi connectivity index (χ1) is 15.2. The number of hydrogen-bond donors (Lipinski definition) is 2. The zero-order valence-corrected chi connectivity index (χ0v) is 16.7. The Morgan fingerprint density at radius 3 is 2.62 bits per heavy atom. The minimum atomic E-state index is -4.74. The number of aryl methyl sites for hydroxylation is 1. The van der Waals surface area contributed by atoms with Crippen LogP contribution >= 0.6 is 0 Å². The van der Waals surface area contributed by atoms with Crippen LogP contribution in [0.25, 0.3) is 22.0 Å². The van der Waals surface area contributed by atoms with Crippen molar-refractivity contribution in [2.45, 2.75) is 12.9 Å². The third-order valence-electron chi connectivity index (χ3n) is 4.75. The molecule has 0 fully saturated rings. The van der Waals surface area contributed by atoms with Gasteiger partial charge in [-0.1, -0.05) is 30.3 Å². The summed E-state index contributed by atoms with van der Waals surface area (Å²) in [5.41, 5.74) is 2.73. The van der Waals surface area contributed by atoms with E-state index in [1.165, 1.54) is 22.9 Å². The molecule has 10 heteroatoms. The number of fused-ring (bicyclic) bond motifs is 1. The van der Waals surface area contributed by atoms with Gasteiger partial charge in [0, 0.05) is 36.3 Å². The van der Waals surface area contributed by atoms with Gasteiger partial charge in [-0.3, -0.25) is 4.68 Å². The van der Waals surface area contributed by atoms with E-state index in [-0.39, 0.29) is 18.0 Å². The Labute approximate surface area is 180 Å². The van der Waals surface area contributed by atoms with Crippen molar-refractivity contribution in [3.05, 3.63) is 72.1 Å². The first-order valence-corrected chi connectivity index (χ1v) is 9.45. The number of rotatable bonds is 6. The largest absolute Gasteiger partial charge is 0.573 e. The molecule has 0 amide bonds. The number of carboxylic acid groups (broad SMARTS) is 1. The highest BCUT2D eigenvalue weighted by atomic mass is 19.4. The zero-order valence-electron chi connectivity index (χ0n) is 16.7. The molecule has 4 aromatic rings. The van der Waals surface area contributed by atoms with Crippen LogP contribution in [0, 0.1) is 0 Å². The summed E-state index contributed by atoms with van der Waals surface area (Å²) in [6.45, 7) is 0.249. The van der Waals surface area contributed by atoms with E-state index in [0.717, 1.165) is 11.1 Å². The van der Waals surface area contributed by atoms with E-state index in [9.17, 15) is 23.1 Å². The molecule has 7 nitrogen and oxygen atoms in total. The number of carbonyl (C=O) groups is 1. The van der Waals surface area contributed by atoms with Crippen molar-refractivity contribution < 1.29 is 27.8 Å². The minimum Gasteiger partial charge on any atom is -0.477 e. The van der Waals surface area contributed by atoms with Gasteiger partial charge in [-0.2, -0.15) is 5.10 Å². The lowest BCUT2D eigenvalue weighted by atomic mass is 10.0. The average molecular weight is 442 g/mol. The number of aromatic carboxylic acids is 1. The molecule has 32 heavy (non-hydrogen) atoms. The van der Waals surface area contributed by atoms with Crippen LogP contribution in [-0.2, 0) is 13.6 Å². The van der Waals surface area contributed by atoms with Crippen LogP contribution in [0.1, 0.15) is 16.1 Å². The smallest absolute Gasteiger partial charge is 0.477 e. The highest BCUT2D eigenvalue weighted by molar-refractivity contribution is 6.05. The summed E-state index contributed by atoms with van der Waals surface area (Å²) in [5.74, 6) is -0.825. The standard InChI is InChI=1S/C22H17F3N4O3/c1-29-20(21(30)31)17-7-3-6-16(19(17)28-29)14-8-9-18(27-12-14)26-11-13-4-2-5-15(10-13)32-22(23,24)25/h2-10,12H,11H2,1H3,(H,26,27)(H,30,31). The summed E-state index contributed by atoms with van der Waals surface area (Å²) in [6, 6.07) is 14.5. The van der Waals surface area contributed by atoms with E-state index in [0.29, 0.717) is 22.3 Å². The summed E-state index contributed by atoms with van der Waals surface area (Å²) in [7, 11) is 1.58. The molecule has 164 valence electrons. The van der Waals surface area contributed by atoms with E-state index in [2.05, 4.69) is 20.1 Å². The maximum atomic E-state index is 12.4. The highest BCUT2D eigenvalue weighted by Crippen LogP contribution is 2.30. The minimum absolute atomic E-state index is 0.102. The Hall–Kier alpha value is -4.08. The predicted molar refractivity (Wildman–Crippen MR) is 111 cm³/mol. The Bertz CT molecular complexity index is 1280. The van der Waals surface area contributed by atoms with Gasteiger partial charge in [-0.25, -0.2) is 9.78 Å². The Kier molecular flexibility index (Phi) is 5.43. The van der Waals surface area contributed by atoms with Gasteiger partial charge in [0.15, 0.2) is 5.69 Å². The summed E-state index contributed by atoms with van der Waals surface area (Å²) in [4.78, 5) is 15.9. The van der Waals surface area contributed by atoms with Gasteiger partial charge in [0.2, 0.25) is 0 Å². The molecular weight excluding hydrogens is 425 g/mol. The number of hydrogen-bond acceptors (Lipinski definition) is 5. The molecule has 0 aliphatic rings. The van der Waals surface area contributed by atoms with Crippen molar-refractivity contribution in [3.8, 4) is 16.9 Å². The van der Waals surface area contributed by atoms with Crippen LogP contribution in [0.2, 0.25) is 0 Å². The van der Waals surface area contributed by atoms with Crippen molar-refractivity contribution in [3.63, 3.8) is 0 Å². The fourth-order valence-corrected chi connectivity index (χ4v) is 3.41. The van der Waals surface area contributed by atoms with Gasteiger partial charge in [-0.15, -0.1) is 13.2 Å². The fraction of sp³-hybridized carbons (Fsp3) is 0.136. The van der Waals surface area contributed by atoms with Gasteiger partial charge in [0.1, 0.15) is 17.1 Å². The van der Waals surface area contributed by atoms with Crippen molar-refractivity contribution in [1.29, 1.82) is 0 Å². The zero-order chi connectivity index (χ0) is 22.9. The van der Waals surface area contributed by atoms with Crippen LogP contribution in [0.4, 0.5) is 19.0 Å². The molecular formula is C22H17F3N4O3. The summed E-state index contributed by atoms with van der Waals surface area (Å²) >= 11 is 0. The average Bonchev–Trinajstić information content (AvgIpc) is 3.08. The Morgan fingerprint density at radius 1 is 1.16 bits per heavy atom. The van der Waals surface area contributed by atoms with Crippen molar-refractivity contribution in [2.75, 3.05) is 5.32 Å². The van der Waals surface area contributed by atoms with Crippen LogP contribution in [0.5, 0.6) is 5.75 Å². The highest BCUT2D eigenvalue weighted by Gasteiger charge is 2.31. The van der Waals surface area contributed by atoms with Gasteiger partial charge >= 0.3 is 12.3 Å². The number of ether oxygens (including phenoxy) is 1. The first-order valence-electron chi connectivity index (χ1n) is 9.45. The van der Waals surface area contributed by atoms with Crippen LogP contribution in [0.3, 0.4) is 0 Å². The number of nitrogens with one attached hydrogen (secondary N) is 1. The topological polar surface area (TPSA) is 89.3 Å².